The lowest BCUT2D eigenvalue weighted by atomic mass is 9.99. The van der Waals surface area contributed by atoms with Gasteiger partial charge in [-0.3, -0.25) is 0 Å². The summed E-state index contributed by atoms with van der Waals surface area (Å²) in [5, 5.41) is 10.5. The van der Waals surface area contributed by atoms with E-state index < -0.39 is 0 Å². The third kappa shape index (κ3) is 5.39. The predicted molar refractivity (Wildman–Crippen MR) is 269 cm³/mol. The average molecular weight is 829 g/mol. The maximum atomic E-state index is 6.72. The van der Waals surface area contributed by atoms with E-state index in [9.17, 15) is 0 Å². The lowest BCUT2D eigenvalue weighted by Crippen LogP contribution is -1.95. The van der Waals surface area contributed by atoms with Gasteiger partial charge in [-0.2, -0.15) is 0 Å². The Labute approximate surface area is 372 Å². The quantitative estimate of drug-likeness (QED) is 0.174. The lowest BCUT2D eigenvalue weighted by molar-refractivity contribution is 0.669. The number of para-hydroxylation sites is 4. The van der Waals surface area contributed by atoms with Crippen molar-refractivity contribution in [1.82, 2.24) is 19.1 Å². The van der Waals surface area contributed by atoms with Crippen LogP contribution in [-0.2, 0) is 0 Å². The highest BCUT2D eigenvalue weighted by molar-refractivity contribution is 6.22. The normalized spacial score (nSPS) is 12.0. The van der Waals surface area contributed by atoms with Crippen LogP contribution in [0.3, 0.4) is 0 Å². The zero-order chi connectivity index (χ0) is 42.6. The van der Waals surface area contributed by atoms with Crippen molar-refractivity contribution in [2.45, 2.75) is 0 Å². The smallest absolute Gasteiger partial charge is 0.164 e. The Morgan fingerprint density at radius 1 is 0.354 bits per heavy atom. The number of nitrogens with zero attached hydrogens (tertiary/aromatic N) is 4. The van der Waals surface area contributed by atoms with Crippen LogP contribution < -0.4 is 0 Å². The van der Waals surface area contributed by atoms with Gasteiger partial charge in [0.15, 0.2) is 5.82 Å². The molecule has 10 aromatic carbocycles. The second-order valence-electron chi connectivity index (χ2n) is 16.9. The Bertz CT molecular complexity index is 4240. The molecule has 0 bridgehead atoms. The van der Waals surface area contributed by atoms with Crippen LogP contribution in [0.4, 0.5) is 0 Å². The minimum absolute atomic E-state index is 0.639. The summed E-state index contributed by atoms with van der Waals surface area (Å²) in [5.41, 5.74) is 14.6. The van der Waals surface area contributed by atoms with E-state index in [-0.39, 0.29) is 0 Å². The van der Waals surface area contributed by atoms with Gasteiger partial charge in [0, 0.05) is 54.6 Å². The average Bonchev–Trinajstić information content (AvgIpc) is 4.03. The van der Waals surface area contributed by atoms with Crippen molar-refractivity contribution in [2.75, 3.05) is 0 Å². The molecule has 0 amide bonds. The summed E-state index contributed by atoms with van der Waals surface area (Å²) in [6, 6.07) is 78.0. The summed E-state index contributed by atoms with van der Waals surface area (Å²) in [6.45, 7) is 0. The molecule has 0 radical (unpaired) electrons. The van der Waals surface area contributed by atoms with Gasteiger partial charge in [-0.15, -0.1) is 0 Å². The standard InChI is InChI=1S/C60H36N4O/c1-3-15-38(16-4-1)58-46-21-9-11-24-51(46)61-60(62-58)47-23-13-22-45-49-36-42(29-33-56(49)65-59(45)47)64-52-25-12-10-20-44(52)48-34-39(27-30-53(48)64)40-28-31-54-50(35-40)57-43-19-8-7-14-37(43)26-32-55(57)63(54)41-17-5-2-6-18-41/h1-36H. The molecule has 0 aliphatic heterocycles. The molecule has 4 heterocycles. The van der Waals surface area contributed by atoms with Crippen molar-refractivity contribution in [1.29, 1.82) is 0 Å². The van der Waals surface area contributed by atoms with Crippen molar-refractivity contribution in [3.63, 3.8) is 0 Å². The SMILES string of the molecule is c1ccc(-c2nc(-c3cccc4c3oc3ccc(-n5c6ccccc6c6cc(-c7ccc8c(c7)c7c9ccccc9ccc7n8-c7ccccc7)ccc65)cc34)nc3ccccc23)cc1. The van der Waals surface area contributed by atoms with Crippen LogP contribution in [0.5, 0.6) is 0 Å². The minimum atomic E-state index is 0.639. The van der Waals surface area contributed by atoms with Gasteiger partial charge in [0.25, 0.3) is 0 Å². The van der Waals surface area contributed by atoms with E-state index in [1.807, 2.05) is 30.3 Å². The second-order valence-corrected chi connectivity index (χ2v) is 16.9. The second kappa shape index (κ2) is 13.9. The predicted octanol–water partition coefficient (Wildman–Crippen LogP) is 15.9. The summed E-state index contributed by atoms with van der Waals surface area (Å²) in [6.07, 6.45) is 0. The van der Waals surface area contributed by atoms with Gasteiger partial charge in [-0.1, -0.05) is 140 Å². The molecule has 5 heteroatoms. The van der Waals surface area contributed by atoms with Gasteiger partial charge in [-0.05, 0) is 101 Å². The van der Waals surface area contributed by atoms with E-state index in [0.717, 1.165) is 72.1 Å². The third-order valence-corrected chi connectivity index (χ3v) is 13.3. The molecule has 5 nitrogen and oxygen atoms in total. The van der Waals surface area contributed by atoms with E-state index in [2.05, 4.69) is 197 Å². The molecule has 4 aromatic heterocycles. The molecule has 14 rings (SSSR count). The van der Waals surface area contributed by atoms with Gasteiger partial charge in [-0.25, -0.2) is 9.97 Å². The summed E-state index contributed by atoms with van der Waals surface area (Å²) in [4.78, 5) is 10.3. The summed E-state index contributed by atoms with van der Waals surface area (Å²) >= 11 is 0. The monoisotopic (exact) mass is 828 g/mol. The molecule has 0 unspecified atom stereocenters. The number of benzene rings is 10. The Morgan fingerprint density at radius 2 is 1.00 bits per heavy atom. The molecule has 0 atom stereocenters. The zero-order valence-electron chi connectivity index (χ0n) is 35.0. The first-order chi connectivity index (χ1) is 32.2. The van der Waals surface area contributed by atoms with Gasteiger partial charge in [0.05, 0.1) is 38.8 Å². The molecule has 0 aliphatic carbocycles. The number of hydrogen-bond donors (Lipinski definition) is 0. The molecule has 302 valence electrons. The van der Waals surface area contributed by atoms with Gasteiger partial charge in [0.2, 0.25) is 0 Å². The first-order valence-electron chi connectivity index (χ1n) is 22.1. The van der Waals surface area contributed by atoms with Gasteiger partial charge < -0.3 is 13.6 Å². The molecule has 0 spiro atoms. The molecule has 0 aliphatic rings. The summed E-state index contributed by atoms with van der Waals surface area (Å²) in [5.74, 6) is 0.639. The first-order valence-corrected chi connectivity index (χ1v) is 22.1. The molecule has 65 heavy (non-hydrogen) atoms. The summed E-state index contributed by atoms with van der Waals surface area (Å²) in [7, 11) is 0. The van der Waals surface area contributed by atoms with E-state index >= 15 is 0 Å². The minimum Gasteiger partial charge on any atom is -0.455 e. The number of aromatic nitrogens is 4. The van der Waals surface area contributed by atoms with Crippen molar-refractivity contribution in [3.8, 4) is 45.1 Å². The van der Waals surface area contributed by atoms with Gasteiger partial charge in [0.1, 0.15) is 11.2 Å². The highest BCUT2D eigenvalue weighted by Gasteiger charge is 2.21. The Hall–Kier alpha value is -8.80. The van der Waals surface area contributed by atoms with Crippen molar-refractivity contribution in [3.05, 3.63) is 218 Å². The number of fused-ring (bicyclic) bond motifs is 12. The molecule has 0 N–H and O–H groups in total. The number of hydrogen-bond acceptors (Lipinski definition) is 3. The molecular formula is C60H36N4O. The van der Waals surface area contributed by atoms with Crippen LogP contribution in [0.1, 0.15) is 0 Å². The van der Waals surface area contributed by atoms with Gasteiger partial charge >= 0.3 is 0 Å². The highest BCUT2D eigenvalue weighted by atomic mass is 16.3. The number of rotatable bonds is 5. The van der Waals surface area contributed by atoms with Crippen LogP contribution in [-0.4, -0.2) is 19.1 Å². The Kier molecular flexibility index (Phi) is 7.62. The van der Waals surface area contributed by atoms with Crippen LogP contribution in [0, 0.1) is 0 Å². The molecule has 0 saturated carbocycles. The van der Waals surface area contributed by atoms with E-state index in [1.54, 1.807) is 0 Å². The molecule has 0 saturated heterocycles. The van der Waals surface area contributed by atoms with Crippen molar-refractivity contribution < 1.29 is 4.42 Å². The molecule has 14 aromatic rings. The van der Waals surface area contributed by atoms with E-state index in [0.29, 0.717) is 5.82 Å². The van der Waals surface area contributed by atoms with E-state index in [1.165, 1.54) is 54.5 Å². The van der Waals surface area contributed by atoms with Crippen molar-refractivity contribution >= 4 is 87.2 Å². The topological polar surface area (TPSA) is 48.8 Å². The fourth-order valence-corrected chi connectivity index (χ4v) is 10.4. The van der Waals surface area contributed by atoms with Crippen LogP contribution in [0.25, 0.3) is 132 Å². The Morgan fingerprint density at radius 3 is 1.85 bits per heavy atom. The summed E-state index contributed by atoms with van der Waals surface area (Å²) < 4.78 is 11.5. The lowest BCUT2D eigenvalue weighted by Gasteiger charge is -2.10. The fraction of sp³-hybridized carbons (Fsp3) is 0. The first kappa shape index (κ1) is 35.8. The van der Waals surface area contributed by atoms with Crippen molar-refractivity contribution in [2.24, 2.45) is 0 Å². The third-order valence-electron chi connectivity index (χ3n) is 13.3. The fourth-order valence-electron chi connectivity index (χ4n) is 10.4. The molecular weight excluding hydrogens is 793 g/mol. The highest BCUT2D eigenvalue weighted by Crippen LogP contribution is 2.42. The Balaban J connectivity index is 0.920. The maximum absolute atomic E-state index is 6.72. The van der Waals surface area contributed by atoms with Crippen LogP contribution in [0.2, 0.25) is 0 Å². The van der Waals surface area contributed by atoms with E-state index in [4.69, 9.17) is 14.4 Å². The molecule has 0 fully saturated rings. The largest absolute Gasteiger partial charge is 0.455 e. The van der Waals surface area contributed by atoms with Crippen LogP contribution >= 0.6 is 0 Å². The zero-order valence-corrected chi connectivity index (χ0v) is 35.0. The van der Waals surface area contributed by atoms with Crippen LogP contribution in [0.15, 0.2) is 223 Å². The number of furan rings is 1. The maximum Gasteiger partial charge on any atom is 0.164 e.